The first-order valence-corrected chi connectivity index (χ1v) is 11.5. The van der Waals surface area contributed by atoms with Crippen LogP contribution >= 0.6 is 22.9 Å². The second-order valence-corrected chi connectivity index (χ2v) is 9.20. The Balaban J connectivity index is 1.73. The second kappa shape index (κ2) is 10.4. The van der Waals surface area contributed by atoms with Crippen LogP contribution in [0.4, 0.5) is 0 Å². The third-order valence-electron chi connectivity index (χ3n) is 5.55. The summed E-state index contributed by atoms with van der Waals surface area (Å²) in [5.74, 6) is 0.0613. The molecule has 1 aliphatic carbocycles. The van der Waals surface area contributed by atoms with Crippen LogP contribution in [0.5, 0.6) is 0 Å². The number of carbonyl (C=O) groups is 2. The maximum Gasteiger partial charge on any atom is 0.243 e. The fourth-order valence-corrected chi connectivity index (χ4v) is 5.19. The molecule has 1 fully saturated rings. The quantitative estimate of drug-likeness (QED) is 0.590. The van der Waals surface area contributed by atoms with E-state index < -0.39 is 6.04 Å². The first-order chi connectivity index (χ1) is 14.0. The molecule has 1 aromatic heterocycles. The minimum Gasteiger partial charge on any atom is -0.350 e. The van der Waals surface area contributed by atoms with E-state index in [1.54, 1.807) is 13.0 Å². The van der Waals surface area contributed by atoms with Gasteiger partial charge in [0.15, 0.2) is 0 Å². The number of halogens is 1. The summed E-state index contributed by atoms with van der Waals surface area (Å²) in [4.78, 5) is 29.7. The van der Waals surface area contributed by atoms with E-state index in [0.717, 1.165) is 28.1 Å². The molecule has 8 heteroatoms. The van der Waals surface area contributed by atoms with Gasteiger partial charge < -0.3 is 16.4 Å². The van der Waals surface area contributed by atoms with Crippen molar-refractivity contribution in [3.8, 4) is 0 Å². The van der Waals surface area contributed by atoms with Crippen molar-refractivity contribution in [3.05, 3.63) is 28.2 Å². The lowest BCUT2D eigenvalue weighted by atomic mass is 9.84. The summed E-state index contributed by atoms with van der Waals surface area (Å²) in [6.45, 7) is 2.18. The second-order valence-electron chi connectivity index (χ2n) is 7.65. The van der Waals surface area contributed by atoms with Gasteiger partial charge in [-0.3, -0.25) is 9.59 Å². The number of fused-ring (bicyclic) bond motifs is 1. The van der Waals surface area contributed by atoms with Crippen LogP contribution in [-0.2, 0) is 16.0 Å². The molecule has 0 aliphatic heterocycles. The number of nitrogens with one attached hydrogen (secondary N) is 2. The average molecular weight is 437 g/mol. The lowest BCUT2D eigenvalue weighted by molar-refractivity contribution is -0.129. The van der Waals surface area contributed by atoms with E-state index in [9.17, 15) is 9.59 Å². The first-order valence-electron chi connectivity index (χ1n) is 10.3. The Labute approximate surface area is 180 Å². The van der Waals surface area contributed by atoms with Crippen molar-refractivity contribution in [1.29, 1.82) is 0 Å². The third-order valence-corrected chi connectivity index (χ3v) is 6.82. The van der Waals surface area contributed by atoms with Crippen molar-refractivity contribution in [2.75, 3.05) is 6.54 Å². The van der Waals surface area contributed by atoms with E-state index in [-0.39, 0.29) is 17.9 Å². The van der Waals surface area contributed by atoms with Crippen molar-refractivity contribution in [2.24, 2.45) is 11.7 Å². The Morgan fingerprint density at radius 2 is 2.03 bits per heavy atom. The number of rotatable bonds is 8. The minimum absolute atomic E-state index is 0.0574. The van der Waals surface area contributed by atoms with Crippen LogP contribution in [0, 0.1) is 5.92 Å². The van der Waals surface area contributed by atoms with Crippen molar-refractivity contribution in [1.82, 2.24) is 15.6 Å². The third kappa shape index (κ3) is 5.90. The Morgan fingerprint density at radius 1 is 1.28 bits per heavy atom. The molecule has 3 rings (SSSR count). The monoisotopic (exact) mass is 436 g/mol. The number of amides is 2. The van der Waals surface area contributed by atoms with E-state index in [2.05, 4.69) is 15.6 Å². The lowest BCUT2D eigenvalue weighted by Crippen LogP contribution is -2.54. The predicted molar refractivity (Wildman–Crippen MR) is 118 cm³/mol. The molecule has 1 unspecified atom stereocenters. The Kier molecular flexibility index (Phi) is 7.86. The van der Waals surface area contributed by atoms with Gasteiger partial charge in [0.1, 0.15) is 6.04 Å². The molecule has 2 amide bonds. The predicted octanol–water partition coefficient (Wildman–Crippen LogP) is 3.41. The summed E-state index contributed by atoms with van der Waals surface area (Å²) >= 11 is 7.56. The number of thiazole rings is 1. The average Bonchev–Trinajstić information content (AvgIpc) is 3.13. The highest BCUT2D eigenvalue weighted by Gasteiger charge is 2.28. The van der Waals surface area contributed by atoms with Crippen LogP contribution in [0.2, 0.25) is 5.02 Å². The van der Waals surface area contributed by atoms with Gasteiger partial charge in [-0.25, -0.2) is 4.98 Å². The van der Waals surface area contributed by atoms with E-state index in [1.165, 1.54) is 30.6 Å². The molecule has 0 saturated heterocycles. The molecular formula is C21H29ClN4O2S. The van der Waals surface area contributed by atoms with Crippen molar-refractivity contribution < 1.29 is 9.59 Å². The van der Waals surface area contributed by atoms with Crippen molar-refractivity contribution in [2.45, 2.75) is 64.0 Å². The van der Waals surface area contributed by atoms with Gasteiger partial charge in [-0.15, -0.1) is 11.3 Å². The summed E-state index contributed by atoms with van der Waals surface area (Å²) < 4.78 is 0.968. The van der Waals surface area contributed by atoms with E-state index >= 15 is 0 Å². The first kappa shape index (κ1) is 22.0. The highest BCUT2D eigenvalue weighted by molar-refractivity contribution is 7.18. The molecule has 2 atom stereocenters. The molecule has 158 valence electrons. The van der Waals surface area contributed by atoms with Crippen molar-refractivity contribution in [3.63, 3.8) is 0 Å². The van der Waals surface area contributed by atoms with Crippen LogP contribution in [-0.4, -0.2) is 35.4 Å². The lowest BCUT2D eigenvalue weighted by Gasteiger charge is -2.31. The summed E-state index contributed by atoms with van der Waals surface area (Å²) in [5.41, 5.74) is 6.82. The number of aromatic nitrogens is 1. The fraction of sp³-hybridized carbons (Fsp3) is 0.571. The van der Waals surface area contributed by atoms with Crippen molar-refractivity contribution >= 4 is 45.0 Å². The van der Waals surface area contributed by atoms with E-state index in [4.69, 9.17) is 17.3 Å². The summed E-state index contributed by atoms with van der Waals surface area (Å²) in [7, 11) is 0. The van der Waals surface area contributed by atoms with Gasteiger partial charge in [0, 0.05) is 30.5 Å². The molecular weight excluding hydrogens is 408 g/mol. The van der Waals surface area contributed by atoms with Gasteiger partial charge in [-0.1, -0.05) is 37.8 Å². The molecule has 1 saturated carbocycles. The number of nitrogens with zero attached hydrogens (tertiary/aromatic N) is 1. The number of nitrogens with two attached hydrogens (primary N) is 1. The topological polar surface area (TPSA) is 97.1 Å². The molecule has 1 aliphatic rings. The zero-order valence-electron chi connectivity index (χ0n) is 16.7. The number of hydrogen-bond acceptors (Lipinski definition) is 5. The molecule has 0 spiro atoms. The summed E-state index contributed by atoms with van der Waals surface area (Å²) in [5, 5.41) is 7.40. The Bertz CT molecular complexity index is 850. The van der Waals surface area contributed by atoms with E-state index in [1.807, 2.05) is 12.1 Å². The van der Waals surface area contributed by atoms with Gasteiger partial charge in [-0.2, -0.15) is 0 Å². The molecule has 1 aromatic carbocycles. The van der Waals surface area contributed by atoms with Gasteiger partial charge in [0.25, 0.3) is 0 Å². The molecule has 1 heterocycles. The molecule has 0 bridgehead atoms. The normalized spacial score (nSPS) is 17.1. The fourth-order valence-electron chi connectivity index (χ4n) is 3.90. The highest BCUT2D eigenvalue weighted by Crippen LogP contribution is 2.27. The van der Waals surface area contributed by atoms with Crippen LogP contribution in [0.15, 0.2) is 18.2 Å². The maximum absolute atomic E-state index is 13.1. The SMILES string of the molecule is CCC(=O)NC(Cc1nc2ccc(Cl)cc2s1)C(=O)N[C@H](CN)C1CCCCC1. The zero-order valence-corrected chi connectivity index (χ0v) is 18.3. The van der Waals surface area contributed by atoms with Gasteiger partial charge >= 0.3 is 0 Å². The Morgan fingerprint density at radius 3 is 2.72 bits per heavy atom. The van der Waals surface area contributed by atoms with Gasteiger partial charge in [-0.05, 0) is 37.0 Å². The standard InChI is InChI=1S/C21H29ClN4O2S/c1-2-19(27)24-16(11-20-25-15-9-8-14(22)10-18(15)29-20)21(28)26-17(12-23)13-6-4-3-5-7-13/h8-10,13,16-17H,2-7,11-12,23H2,1H3,(H,24,27)(H,26,28)/t16?,17-/m1/s1. The van der Waals surface area contributed by atoms with Gasteiger partial charge in [0.2, 0.25) is 11.8 Å². The number of hydrogen-bond donors (Lipinski definition) is 3. The molecule has 4 N–H and O–H groups in total. The Hall–Kier alpha value is -1.70. The van der Waals surface area contributed by atoms with Gasteiger partial charge in [0.05, 0.1) is 15.2 Å². The molecule has 6 nitrogen and oxygen atoms in total. The van der Waals surface area contributed by atoms with Crippen LogP contribution in [0.1, 0.15) is 50.5 Å². The van der Waals surface area contributed by atoms with E-state index in [0.29, 0.717) is 30.3 Å². The smallest absolute Gasteiger partial charge is 0.243 e. The van der Waals surface area contributed by atoms with Crippen LogP contribution < -0.4 is 16.4 Å². The number of benzene rings is 1. The van der Waals surface area contributed by atoms with Crippen LogP contribution in [0.3, 0.4) is 0 Å². The minimum atomic E-state index is -0.670. The maximum atomic E-state index is 13.1. The summed E-state index contributed by atoms with van der Waals surface area (Å²) in [6, 6.07) is 4.80. The molecule has 2 aromatic rings. The summed E-state index contributed by atoms with van der Waals surface area (Å²) in [6.07, 6.45) is 6.46. The highest BCUT2D eigenvalue weighted by atomic mass is 35.5. The molecule has 29 heavy (non-hydrogen) atoms. The number of carbonyl (C=O) groups excluding carboxylic acids is 2. The largest absolute Gasteiger partial charge is 0.350 e. The van der Waals surface area contributed by atoms with Crippen LogP contribution in [0.25, 0.3) is 10.2 Å². The molecule has 0 radical (unpaired) electrons. The zero-order chi connectivity index (χ0) is 20.8.